The molecule has 0 aliphatic heterocycles. The average Bonchev–Trinajstić information content (AvgIpc) is 3.04. The first-order valence-electron chi connectivity index (χ1n) is 7.02. The zero-order valence-corrected chi connectivity index (χ0v) is 13.6. The number of aromatic nitrogens is 2. The van der Waals surface area contributed by atoms with Crippen LogP contribution < -0.4 is 10.1 Å². The molecule has 0 fully saturated rings. The Balaban J connectivity index is 1.76. The van der Waals surface area contributed by atoms with Gasteiger partial charge in [0, 0.05) is 22.7 Å². The number of anilines is 1. The summed E-state index contributed by atoms with van der Waals surface area (Å²) in [6.45, 7) is 1.98. The van der Waals surface area contributed by atoms with Crippen molar-refractivity contribution in [1.82, 2.24) is 9.36 Å². The van der Waals surface area contributed by atoms with Crippen LogP contribution in [-0.4, -0.2) is 22.4 Å². The number of rotatable bonds is 4. The highest BCUT2D eigenvalue weighted by Gasteiger charge is 2.11. The standard InChI is InChI=1S/C17H15N3O2S/c1-11-6-8-12(9-7-11)16(21)19-17-18-15(20-23-17)13-4-3-5-14(10-13)22-2/h3-10H,1-2H3,(H,18,19,20,21). The molecular weight excluding hydrogens is 310 g/mol. The van der Waals surface area contributed by atoms with Crippen LogP contribution in [0.4, 0.5) is 5.13 Å². The molecule has 5 nitrogen and oxygen atoms in total. The number of carbonyl (C=O) groups excluding carboxylic acids is 1. The SMILES string of the molecule is COc1cccc(-c2nsc(NC(=O)c3ccc(C)cc3)n2)c1. The molecule has 3 aromatic rings. The second kappa shape index (κ2) is 6.58. The number of ether oxygens (including phenoxy) is 1. The molecular formula is C17H15N3O2S. The van der Waals surface area contributed by atoms with Crippen LogP contribution in [0.15, 0.2) is 48.5 Å². The van der Waals surface area contributed by atoms with Gasteiger partial charge >= 0.3 is 0 Å². The molecule has 0 bridgehead atoms. The summed E-state index contributed by atoms with van der Waals surface area (Å²) in [6, 6.07) is 14.9. The molecule has 0 aliphatic rings. The lowest BCUT2D eigenvalue weighted by Crippen LogP contribution is -2.11. The maximum Gasteiger partial charge on any atom is 0.257 e. The molecule has 0 saturated carbocycles. The number of hydrogen-bond donors (Lipinski definition) is 1. The smallest absolute Gasteiger partial charge is 0.257 e. The Labute approximate surface area is 138 Å². The van der Waals surface area contributed by atoms with Gasteiger partial charge in [0.1, 0.15) is 5.75 Å². The lowest BCUT2D eigenvalue weighted by Gasteiger charge is -2.02. The topological polar surface area (TPSA) is 64.1 Å². The van der Waals surface area contributed by atoms with Gasteiger partial charge in [0.2, 0.25) is 5.13 Å². The predicted molar refractivity (Wildman–Crippen MR) is 91.0 cm³/mol. The van der Waals surface area contributed by atoms with Crippen LogP contribution in [0.5, 0.6) is 5.75 Å². The summed E-state index contributed by atoms with van der Waals surface area (Å²) in [7, 11) is 1.61. The van der Waals surface area contributed by atoms with Gasteiger partial charge in [-0.2, -0.15) is 9.36 Å². The second-order valence-electron chi connectivity index (χ2n) is 4.98. The normalized spacial score (nSPS) is 10.3. The Morgan fingerprint density at radius 3 is 2.70 bits per heavy atom. The van der Waals surface area contributed by atoms with Crippen molar-refractivity contribution >= 4 is 22.6 Å². The summed E-state index contributed by atoms with van der Waals surface area (Å²) in [5.41, 5.74) is 2.54. The molecule has 3 rings (SSSR count). The first-order chi connectivity index (χ1) is 11.2. The van der Waals surface area contributed by atoms with E-state index in [2.05, 4.69) is 14.7 Å². The van der Waals surface area contributed by atoms with E-state index in [4.69, 9.17) is 4.74 Å². The lowest BCUT2D eigenvalue weighted by atomic mass is 10.1. The van der Waals surface area contributed by atoms with E-state index in [1.807, 2.05) is 43.3 Å². The molecule has 0 unspecified atom stereocenters. The second-order valence-corrected chi connectivity index (χ2v) is 5.73. The number of amides is 1. The Kier molecular flexibility index (Phi) is 4.34. The van der Waals surface area contributed by atoms with Crippen molar-refractivity contribution in [2.45, 2.75) is 6.92 Å². The molecule has 6 heteroatoms. The molecule has 0 spiro atoms. The summed E-state index contributed by atoms with van der Waals surface area (Å²) in [6.07, 6.45) is 0. The van der Waals surface area contributed by atoms with Gasteiger partial charge in [0.05, 0.1) is 7.11 Å². The maximum atomic E-state index is 12.2. The monoisotopic (exact) mass is 325 g/mol. The maximum absolute atomic E-state index is 12.2. The molecule has 0 saturated heterocycles. The molecule has 1 heterocycles. The van der Waals surface area contributed by atoms with Crippen LogP contribution in [0.2, 0.25) is 0 Å². The zero-order chi connectivity index (χ0) is 16.2. The molecule has 0 radical (unpaired) electrons. The molecule has 0 aliphatic carbocycles. The van der Waals surface area contributed by atoms with E-state index < -0.39 is 0 Å². The van der Waals surface area contributed by atoms with Gasteiger partial charge in [0.15, 0.2) is 5.82 Å². The lowest BCUT2D eigenvalue weighted by molar-refractivity contribution is 0.102. The number of benzene rings is 2. The summed E-state index contributed by atoms with van der Waals surface area (Å²) in [4.78, 5) is 16.5. The van der Waals surface area contributed by atoms with Crippen molar-refractivity contribution in [1.29, 1.82) is 0 Å². The fraction of sp³-hybridized carbons (Fsp3) is 0.118. The van der Waals surface area contributed by atoms with Gasteiger partial charge in [-0.1, -0.05) is 29.8 Å². The van der Waals surface area contributed by atoms with Crippen molar-refractivity contribution in [2.24, 2.45) is 0 Å². The Morgan fingerprint density at radius 2 is 1.96 bits per heavy atom. The van der Waals surface area contributed by atoms with E-state index in [-0.39, 0.29) is 5.91 Å². The van der Waals surface area contributed by atoms with Gasteiger partial charge < -0.3 is 4.74 Å². The number of hydrogen-bond acceptors (Lipinski definition) is 5. The van der Waals surface area contributed by atoms with Crippen LogP contribution in [0.1, 0.15) is 15.9 Å². The van der Waals surface area contributed by atoms with E-state index in [0.717, 1.165) is 28.4 Å². The van der Waals surface area contributed by atoms with Crippen LogP contribution in [0, 0.1) is 6.92 Å². The quantitative estimate of drug-likeness (QED) is 0.793. The van der Waals surface area contributed by atoms with E-state index >= 15 is 0 Å². The van der Waals surface area contributed by atoms with E-state index in [1.165, 1.54) is 0 Å². The molecule has 1 amide bonds. The predicted octanol–water partition coefficient (Wildman–Crippen LogP) is 3.77. The van der Waals surface area contributed by atoms with Crippen molar-refractivity contribution < 1.29 is 9.53 Å². The van der Waals surface area contributed by atoms with Crippen LogP contribution in [0.3, 0.4) is 0 Å². The number of nitrogens with one attached hydrogen (secondary N) is 1. The number of aryl methyl sites for hydroxylation is 1. The average molecular weight is 325 g/mol. The third kappa shape index (κ3) is 3.54. The minimum atomic E-state index is -0.196. The molecule has 1 aromatic heterocycles. The Morgan fingerprint density at radius 1 is 1.17 bits per heavy atom. The van der Waals surface area contributed by atoms with E-state index in [1.54, 1.807) is 19.2 Å². The Bertz CT molecular complexity index is 828. The Hall–Kier alpha value is -2.73. The summed E-state index contributed by atoms with van der Waals surface area (Å²) in [5, 5.41) is 3.24. The molecule has 1 N–H and O–H groups in total. The first-order valence-corrected chi connectivity index (χ1v) is 7.79. The van der Waals surface area contributed by atoms with E-state index in [0.29, 0.717) is 16.5 Å². The van der Waals surface area contributed by atoms with Gasteiger partial charge in [-0.15, -0.1) is 0 Å². The minimum absolute atomic E-state index is 0.196. The summed E-state index contributed by atoms with van der Waals surface area (Å²) < 4.78 is 9.48. The van der Waals surface area contributed by atoms with Crippen molar-refractivity contribution in [2.75, 3.05) is 12.4 Å². The number of methoxy groups -OCH3 is 1. The number of nitrogens with zero attached hydrogens (tertiary/aromatic N) is 2. The third-order valence-corrected chi connectivity index (χ3v) is 3.92. The van der Waals surface area contributed by atoms with Gasteiger partial charge in [0.25, 0.3) is 5.91 Å². The van der Waals surface area contributed by atoms with Crippen molar-refractivity contribution in [3.63, 3.8) is 0 Å². The largest absolute Gasteiger partial charge is 0.497 e. The molecule has 116 valence electrons. The van der Waals surface area contributed by atoms with Crippen LogP contribution in [0.25, 0.3) is 11.4 Å². The highest BCUT2D eigenvalue weighted by atomic mass is 32.1. The van der Waals surface area contributed by atoms with Crippen molar-refractivity contribution in [3.05, 3.63) is 59.7 Å². The highest BCUT2D eigenvalue weighted by molar-refractivity contribution is 7.10. The minimum Gasteiger partial charge on any atom is -0.497 e. The van der Waals surface area contributed by atoms with E-state index in [9.17, 15) is 4.79 Å². The zero-order valence-electron chi connectivity index (χ0n) is 12.7. The molecule has 23 heavy (non-hydrogen) atoms. The van der Waals surface area contributed by atoms with Gasteiger partial charge in [-0.05, 0) is 31.2 Å². The molecule has 2 aromatic carbocycles. The fourth-order valence-electron chi connectivity index (χ4n) is 2.03. The summed E-state index contributed by atoms with van der Waals surface area (Å²) >= 11 is 1.15. The van der Waals surface area contributed by atoms with Gasteiger partial charge in [-0.3, -0.25) is 10.1 Å². The van der Waals surface area contributed by atoms with Crippen molar-refractivity contribution in [3.8, 4) is 17.1 Å². The number of carbonyl (C=O) groups is 1. The summed E-state index contributed by atoms with van der Waals surface area (Å²) in [5.74, 6) is 1.11. The van der Waals surface area contributed by atoms with Crippen LogP contribution in [-0.2, 0) is 0 Å². The van der Waals surface area contributed by atoms with Crippen LogP contribution >= 0.6 is 11.5 Å². The first kappa shape index (κ1) is 15.2. The fourth-order valence-corrected chi connectivity index (χ4v) is 2.61. The van der Waals surface area contributed by atoms with Gasteiger partial charge in [-0.25, -0.2) is 0 Å². The molecule has 0 atom stereocenters. The third-order valence-electron chi connectivity index (χ3n) is 3.29. The highest BCUT2D eigenvalue weighted by Crippen LogP contribution is 2.24.